The van der Waals surface area contributed by atoms with Crippen molar-refractivity contribution < 1.29 is 23.1 Å². The van der Waals surface area contributed by atoms with E-state index in [9.17, 15) is 18.0 Å². The van der Waals surface area contributed by atoms with Gasteiger partial charge in [0, 0.05) is 23.0 Å². The lowest BCUT2D eigenvalue weighted by Gasteiger charge is -2.25. The topological polar surface area (TPSA) is 131 Å². The highest BCUT2D eigenvalue weighted by Crippen LogP contribution is 2.25. The van der Waals surface area contributed by atoms with Crippen molar-refractivity contribution in [2.75, 3.05) is 6.54 Å². The molecule has 2 rings (SSSR count). The van der Waals surface area contributed by atoms with E-state index in [0.717, 1.165) is 4.90 Å². The number of carbonyl (C=O) groups excluding carboxylic acids is 1. The average molecular weight is 351 g/mol. The van der Waals surface area contributed by atoms with Crippen LogP contribution in [0.25, 0.3) is 10.8 Å². The first kappa shape index (κ1) is 17.8. The third kappa shape index (κ3) is 3.52. The predicted molar refractivity (Wildman–Crippen MR) is 86.9 cm³/mol. The molecule has 0 saturated carbocycles. The quantitative estimate of drug-likeness (QED) is 0.820. The number of hydrogen-bond donors (Lipinski definition) is 2. The van der Waals surface area contributed by atoms with Gasteiger partial charge in [-0.2, -0.15) is 0 Å². The number of carbonyl (C=O) groups is 2. The maximum absolute atomic E-state index is 12.7. The molecule has 3 N–H and O–H groups in total. The van der Waals surface area contributed by atoms with Crippen LogP contribution in [0.3, 0.4) is 0 Å². The molecule has 8 nitrogen and oxygen atoms in total. The molecule has 1 aromatic carbocycles. The number of rotatable bonds is 5. The number of sulfonamides is 1. The number of carboxylic acid groups (broad SMARTS) is 1. The van der Waals surface area contributed by atoms with E-state index in [1.54, 1.807) is 19.9 Å². The van der Waals surface area contributed by atoms with Gasteiger partial charge in [-0.25, -0.2) is 13.6 Å². The number of nitrogens with two attached hydrogens (primary N) is 1. The van der Waals surface area contributed by atoms with Crippen molar-refractivity contribution >= 4 is 32.7 Å². The molecule has 0 atom stereocenters. The van der Waals surface area contributed by atoms with Gasteiger partial charge in [0.05, 0.1) is 4.90 Å². The Balaban J connectivity index is 2.65. The lowest BCUT2D eigenvalue weighted by atomic mass is 10.1. The monoisotopic (exact) mass is 351 g/mol. The minimum absolute atomic E-state index is 0.0204. The van der Waals surface area contributed by atoms with E-state index in [0.29, 0.717) is 5.39 Å². The van der Waals surface area contributed by atoms with Crippen LogP contribution in [0.1, 0.15) is 24.3 Å². The van der Waals surface area contributed by atoms with Crippen LogP contribution < -0.4 is 5.14 Å². The van der Waals surface area contributed by atoms with Crippen molar-refractivity contribution in [1.29, 1.82) is 0 Å². The minimum atomic E-state index is -3.97. The van der Waals surface area contributed by atoms with Crippen LogP contribution in [0.4, 0.5) is 0 Å². The Morgan fingerprint density at radius 2 is 1.92 bits per heavy atom. The summed E-state index contributed by atoms with van der Waals surface area (Å²) in [5.74, 6) is -1.74. The molecule has 0 saturated heterocycles. The van der Waals surface area contributed by atoms with Crippen LogP contribution in [-0.2, 0) is 14.8 Å². The van der Waals surface area contributed by atoms with Crippen LogP contribution >= 0.6 is 0 Å². The molecular formula is C15H17N3O5S. The Hall–Kier alpha value is -2.52. The van der Waals surface area contributed by atoms with Crippen LogP contribution in [0.15, 0.2) is 35.4 Å². The Labute approximate surface area is 139 Å². The summed E-state index contributed by atoms with van der Waals surface area (Å²) in [5.41, 5.74) is -0.0204. The fourth-order valence-corrected chi connectivity index (χ4v) is 3.12. The Morgan fingerprint density at radius 1 is 1.25 bits per heavy atom. The summed E-state index contributed by atoms with van der Waals surface area (Å²) in [6.07, 6.45) is 1.30. The van der Waals surface area contributed by atoms with Crippen LogP contribution in [-0.4, -0.2) is 47.9 Å². The highest BCUT2D eigenvalue weighted by Gasteiger charge is 2.25. The first-order valence-corrected chi connectivity index (χ1v) is 8.61. The summed E-state index contributed by atoms with van der Waals surface area (Å²) in [6, 6.07) is 5.42. The van der Waals surface area contributed by atoms with Gasteiger partial charge in [-0.05, 0) is 26.0 Å². The minimum Gasteiger partial charge on any atom is -0.480 e. The van der Waals surface area contributed by atoms with Crippen molar-refractivity contribution in [2.45, 2.75) is 24.8 Å². The SMILES string of the molecule is CC(C)N(CC(=O)O)C(=O)c1nccc2c(S(N)(=O)=O)cccc12. The standard InChI is InChI=1S/C15H17N3O5S/c1-9(2)18(8-13(19)20)15(21)14-11-4-3-5-12(24(16,22)23)10(11)6-7-17-14/h3-7,9H,8H2,1-2H3,(H,19,20)(H2,16,22,23). The zero-order chi connectivity index (χ0) is 18.1. The van der Waals surface area contributed by atoms with Gasteiger partial charge >= 0.3 is 5.97 Å². The van der Waals surface area contributed by atoms with Crippen LogP contribution in [0.2, 0.25) is 0 Å². The molecule has 128 valence electrons. The van der Waals surface area contributed by atoms with Crippen molar-refractivity contribution in [3.63, 3.8) is 0 Å². The summed E-state index contributed by atoms with van der Waals surface area (Å²) in [7, 11) is -3.97. The highest BCUT2D eigenvalue weighted by molar-refractivity contribution is 7.89. The van der Waals surface area contributed by atoms with E-state index in [1.807, 2.05) is 0 Å². The lowest BCUT2D eigenvalue weighted by molar-refractivity contribution is -0.138. The molecule has 9 heteroatoms. The number of primary sulfonamides is 1. The lowest BCUT2D eigenvalue weighted by Crippen LogP contribution is -2.41. The maximum atomic E-state index is 12.7. The maximum Gasteiger partial charge on any atom is 0.323 e. The van der Waals surface area contributed by atoms with Crippen LogP contribution in [0.5, 0.6) is 0 Å². The van der Waals surface area contributed by atoms with Crippen molar-refractivity contribution in [3.8, 4) is 0 Å². The van der Waals surface area contributed by atoms with Crippen LogP contribution in [0, 0.1) is 0 Å². The number of carboxylic acids is 1. The molecule has 24 heavy (non-hydrogen) atoms. The van der Waals surface area contributed by atoms with E-state index < -0.39 is 28.4 Å². The van der Waals surface area contributed by atoms with E-state index in [1.165, 1.54) is 24.4 Å². The highest BCUT2D eigenvalue weighted by atomic mass is 32.2. The molecule has 2 aromatic rings. The van der Waals surface area contributed by atoms with E-state index >= 15 is 0 Å². The zero-order valence-electron chi connectivity index (χ0n) is 13.1. The van der Waals surface area contributed by atoms with Gasteiger partial charge in [-0.15, -0.1) is 0 Å². The van der Waals surface area contributed by atoms with Gasteiger partial charge in [0.15, 0.2) is 0 Å². The molecular weight excluding hydrogens is 334 g/mol. The second-order valence-corrected chi connectivity index (χ2v) is 7.01. The number of amides is 1. The van der Waals surface area contributed by atoms with Crippen molar-refractivity contribution in [1.82, 2.24) is 9.88 Å². The number of fused-ring (bicyclic) bond motifs is 1. The number of pyridine rings is 1. The second kappa shape index (κ2) is 6.54. The normalized spacial score (nSPS) is 11.7. The Kier molecular flexibility index (Phi) is 4.86. The fraction of sp³-hybridized carbons (Fsp3) is 0.267. The van der Waals surface area contributed by atoms with Gasteiger partial charge in [-0.3, -0.25) is 14.6 Å². The third-order valence-corrected chi connectivity index (χ3v) is 4.43. The number of hydrogen-bond acceptors (Lipinski definition) is 5. The summed E-state index contributed by atoms with van der Waals surface area (Å²) in [4.78, 5) is 28.8. The van der Waals surface area contributed by atoms with E-state index in [4.69, 9.17) is 10.2 Å². The molecule has 0 fully saturated rings. The average Bonchev–Trinajstić information content (AvgIpc) is 2.49. The molecule has 0 radical (unpaired) electrons. The van der Waals surface area contributed by atoms with Crippen molar-refractivity contribution in [3.05, 3.63) is 36.2 Å². The summed E-state index contributed by atoms with van der Waals surface area (Å²) in [5, 5.41) is 14.7. The number of aromatic nitrogens is 1. The first-order valence-electron chi connectivity index (χ1n) is 7.06. The molecule has 1 heterocycles. The molecule has 0 aliphatic carbocycles. The summed E-state index contributed by atoms with van der Waals surface area (Å²) >= 11 is 0. The smallest absolute Gasteiger partial charge is 0.323 e. The molecule has 0 bridgehead atoms. The van der Waals surface area contributed by atoms with E-state index in [-0.39, 0.29) is 22.0 Å². The second-order valence-electron chi connectivity index (χ2n) is 5.48. The third-order valence-electron chi connectivity index (χ3n) is 3.46. The largest absolute Gasteiger partial charge is 0.480 e. The predicted octanol–water partition coefficient (Wildman–Crippen LogP) is 0.817. The zero-order valence-corrected chi connectivity index (χ0v) is 13.9. The first-order chi connectivity index (χ1) is 11.1. The molecule has 0 aliphatic heterocycles. The summed E-state index contributed by atoms with van der Waals surface area (Å²) in [6.45, 7) is 2.88. The van der Waals surface area contributed by atoms with E-state index in [2.05, 4.69) is 4.98 Å². The van der Waals surface area contributed by atoms with Gasteiger partial charge in [-0.1, -0.05) is 12.1 Å². The van der Waals surface area contributed by atoms with Gasteiger partial charge in [0.2, 0.25) is 10.0 Å². The fourth-order valence-electron chi connectivity index (χ4n) is 2.37. The molecule has 1 aromatic heterocycles. The Bertz CT molecular complexity index is 908. The molecule has 0 aliphatic rings. The van der Waals surface area contributed by atoms with Gasteiger partial charge < -0.3 is 10.0 Å². The van der Waals surface area contributed by atoms with Gasteiger partial charge in [0.1, 0.15) is 12.2 Å². The number of aliphatic carboxylic acids is 1. The molecule has 0 spiro atoms. The number of benzene rings is 1. The molecule has 0 unspecified atom stereocenters. The number of nitrogens with zero attached hydrogens (tertiary/aromatic N) is 2. The van der Waals surface area contributed by atoms with Gasteiger partial charge in [0.25, 0.3) is 5.91 Å². The van der Waals surface area contributed by atoms with Crippen molar-refractivity contribution in [2.24, 2.45) is 5.14 Å². The molecule has 1 amide bonds. The summed E-state index contributed by atoms with van der Waals surface area (Å²) < 4.78 is 23.4. The Morgan fingerprint density at radius 3 is 2.46 bits per heavy atom.